The van der Waals surface area contributed by atoms with E-state index in [1.807, 2.05) is 11.8 Å². The van der Waals surface area contributed by atoms with Crippen LogP contribution in [0, 0.1) is 0 Å². The third kappa shape index (κ3) is 1.87. The molecule has 0 bridgehead atoms. The Morgan fingerprint density at radius 1 is 1.38 bits per heavy atom. The molecule has 8 heavy (non-hydrogen) atoms. The van der Waals surface area contributed by atoms with Gasteiger partial charge in [-0.3, -0.25) is 0 Å². The normalized spacial score (nSPS) is 22.1. The Hall–Kier alpha value is 0.640. The van der Waals surface area contributed by atoms with Gasteiger partial charge in [-0.15, -0.1) is 23.4 Å². The summed E-state index contributed by atoms with van der Waals surface area (Å²) in [5, 5.41) is 1.68. The average molecular weight is 151 g/mol. The van der Waals surface area contributed by atoms with Gasteiger partial charge in [-0.2, -0.15) is 0 Å². The zero-order chi connectivity index (χ0) is 5.82. The van der Waals surface area contributed by atoms with Crippen LogP contribution in [-0.4, -0.2) is 10.5 Å². The molecule has 0 aliphatic heterocycles. The van der Waals surface area contributed by atoms with Crippen molar-refractivity contribution in [3.8, 4) is 0 Å². The molecule has 48 valence electrons. The number of thioether (sulfide) groups is 1. The highest BCUT2D eigenvalue weighted by atomic mass is 35.5. The molecule has 2 heteroatoms. The van der Waals surface area contributed by atoms with Crippen molar-refractivity contribution in [1.82, 2.24) is 0 Å². The number of hydrogen-bond acceptors (Lipinski definition) is 1. The van der Waals surface area contributed by atoms with Gasteiger partial charge in [-0.25, -0.2) is 0 Å². The van der Waals surface area contributed by atoms with Gasteiger partial charge in [0.1, 0.15) is 0 Å². The maximum atomic E-state index is 5.54. The van der Waals surface area contributed by atoms with Gasteiger partial charge in [0.15, 0.2) is 0 Å². The first kappa shape index (κ1) is 6.76. The molecule has 0 saturated heterocycles. The summed E-state index contributed by atoms with van der Waals surface area (Å²) >= 11 is 7.45. The molecular formula is C6H11ClS. The topological polar surface area (TPSA) is 0 Å². The molecule has 1 saturated carbocycles. The van der Waals surface area contributed by atoms with E-state index >= 15 is 0 Å². The van der Waals surface area contributed by atoms with E-state index in [1.54, 1.807) is 0 Å². The highest BCUT2D eigenvalue weighted by molar-refractivity contribution is 8.00. The van der Waals surface area contributed by atoms with Crippen LogP contribution in [0.25, 0.3) is 0 Å². The van der Waals surface area contributed by atoms with Crippen molar-refractivity contribution in [1.29, 1.82) is 0 Å². The molecule has 1 fully saturated rings. The van der Waals surface area contributed by atoms with Crippen molar-refractivity contribution in [2.24, 2.45) is 0 Å². The molecule has 0 unspecified atom stereocenters. The van der Waals surface area contributed by atoms with Gasteiger partial charge in [0.05, 0.1) is 5.21 Å². The molecule has 0 aromatic carbocycles. The predicted octanol–water partition coefficient (Wildman–Crippen LogP) is 2.86. The highest BCUT2D eigenvalue weighted by Crippen LogP contribution is 2.29. The first-order chi connectivity index (χ1) is 3.93. The van der Waals surface area contributed by atoms with E-state index in [4.69, 9.17) is 11.6 Å². The summed E-state index contributed by atoms with van der Waals surface area (Å²) in [4.78, 5) is 0. The Balaban J connectivity index is 2.06. The van der Waals surface area contributed by atoms with Crippen LogP contribution in [0.15, 0.2) is 0 Å². The number of alkyl halides is 1. The fourth-order valence-corrected chi connectivity index (χ4v) is 2.52. The first-order valence-corrected chi connectivity index (χ1v) is 4.69. The molecule has 0 nitrogen and oxygen atoms in total. The summed E-state index contributed by atoms with van der Waals surface area (Å²) in [6.07, 6.45) is 5.65. The largest absolute Gasteiger partial charge is 0.142 e. The van der Waals surface area contributed by atoms with Crippen molar-refractivity contribution in [3.05, 3.63) is 0 Å². The maximum Gasteiger partial charge on any atom is 0.0683 e. The van der Waals surface area contributed by atoms with Crippen molar-refractivity contribution >= 4 is 23.4 Å². The van der Waals surface area contributed by atoms with E-state index in [0.717, 1.165) is 10.5 Å². The van der Waals surface area contributed by atoms with Crippen molar-refractivity contribution in [2.75, 3.05) is 5.21 Å². The molecule has 0 spiro atoms. The van der Waals surface area contributed by atoms with E-state index in [0.29, 0.717) is 0 Å². The lowest BCUT2D eigenvalue weighted by Crippen LogP contribution is -1.91. The third-order valence-electron chi connectivity index (χ3n) is 1.60. The smallest absolute Gasteiger partial charge is 0.0683 e. The molecule has 1 rings (SSSR count). The van der Waals surface area contributed by atoms with Gasteiger partial charge in [-0.1, -0.05) is 12.8 Å². The quantitative estimate of drug-likeness (QED) is 0.546. The molecule has 1 aliphatic rings. The standard InChI is InChI=1S/C6H11ClS/c7-5-8-6-3-1-2-4-6/h6H,1-5H2. The van der Waals surface area contributed by atoms with Crippen LogP contribution in [0.5, 0.6) is 0 Å². The van der Waals surface area contributed by atoms with Gasteiger partial charge in [0.25, 0.3) is 0 Å². The molecule has 0 aromatic rings. The van der Waals surface area contributed by atoms with Crippen molar-refractivity contribution < 1.29 is 0 Å². The van der Waals surface area contributed by atoms with E-state index in [-0.39, 0.29) is 0 Å². The summed E-state index contributed by atoms with van der Waals surface area (Å²) in [6, 6.07) is 0. The molecule has 0 aromatic heterocycles. The first-order valence-electron chi connectivity index (χ1n) is 3.11. The lowest BCUT2D eigenvalue weighted by atomic mass is 10.4. The molecule has 0 atom stereocenters. The summed E-state index contributed by atoms with van der Waals surface area (Å²) in [7, 11) is 0. The average Bonchev–Trinajstić information content (AvgIpc) is 2.19. The number of rotatable bonds is 2. The van der Waals surface area contributed by atoms with Crippen molar-refractivity contribution in [2.45, 2.75) is 30.9 Å². The number of hydrogen-bond donors (Lipinski definition) is 0. The summed E-state index contributed by atoms with van der Waals surface area (Å²) < 4.78 is 0. The van der Waals surface area contributed by atoms with Crippen LogP contribution in [0.4, 0.5) is 0 Å². The Bertz CT molecular complexity index is 59.5. The SMILES string of the molecule is ClCSC1CCCC1. The minimum absolute atomic E-state index is 0.782. The van der Waals surface area contributed by atoms with Gasteiger partial charge >= 0.3 is 0 Å². The summed E-state index contributed by atoms with van der Waals surface area (Å²) in [6.45, 7) is 0. The summed E-state index contributed by atoms with van der Waals surface area (Å²) in [5.74, 6) is 0. The lowest BCUT2D eigenvalue weighted by Gasteiger charge is -2.02. The van der Waals surface area contributed by atoms with Crippen LogP contribution in [0.1, 0.15) is 25.7 Å². The molecule has 0 radical (unpaired) electrons. The lowest BCUT2D eigenvalue weighted by molar-refractivity contribution is 0.886. The van der Waals surface area contributed by atoms with Gasteiger partial charge in [0.2, 0.25) is 0 Å². The van der Waals surface area contributed by atoms with Crippen LogP contribution >= 0.6 is 23.4 Å². The molecule has 0 heterocycles. The van der Waals surface area contributed by atoms with Crippen LogP contribution in [0.2, 0.25) is 0 Å². The zero-order valence-corrected chi connectivity index (χ0v) is 6.47. The third-order valence-corrected chi connectivity index (χ3v) is 3.05. The van der Waals surface area contributed by atoms with E-state index in [1.165, 1.54) is 25.7 Å². The second-order valence-electron chi connectivity index (χ2n) is 2.18. The van der Waals surface area contributed by atoms with Gasteiger partial charge in [-0.05, 0) is 12.8 Å². The molecule has 0 amide bonds. The van der Waals surface area contributed by atoms with E-state index in [9.17, 15) is 0 Å². The molecular weight excluding hydrogens is 140 g/mol. The number of halogens is 1. The fraction of sp³-hybridized carbons (Fsp3) is 1.00. The highest BCUT2D eigenvalue weighted by Gasteiger charge is 2.13. The Kier molecular flexibility index (Phi) is 3.06. The minimum Gasteiger partial charge on any atom is -0.142 e. The van der Waals surface area contributed by atoms with Crippen molar-refractivity contribution in [3.63, 3.8) is 0 Å². The van der Waals surface area contributed by atoms with Gasteiger partial charge < -0.3 is 0 Å². The maximum absolute atomic E-state index is 5.54. The van der Waals surface area contributed by atoms with E-state index in [2.05, 4.69) is 0 Å². The fourth-order valence-electron chi connectivity index (χ4n) is 1.14. The van der Waals surface area contributed by atoms with E-state index < -0.39 is 0 Å². The Labute approximate surface area is 60.0 Å². The molecule has 1 aliphatic carbocycles. The predicted molar refractivity (Wildman–Crippen MR) is 40.6 cm³/mol. The van der Waals surface area contributed by atoms with Crippen LogP contribution in [-0.2, 0) is 0 Å². The van der Waals surface area contributed by atoms with Gasteiger partial charge in [0, 0.05) is 5.25 Å². The van der Waals surface area contributed by atoms with Crippen LogP contribution in [0.3, 0.4) is 0 Å². The Morgan fingerprint density at radius 2 is 2.00 bits per heavy atom. The second-order valence-corrected chi connectivity index (χ2v) is 4.06. The minimum atomic E-state index is 0.782. The van der Waals surface area contributed by atoms with Crippen LogP contribution < -0.4 is 0 Å². The summed E-state index contributed by atoms with van der Waals surface area (Å²) in [5.41, 5.74) is 0. The zero-order valence-electron chi connectivity index (χ0n) is 4.90. The second kappa shape index (κ2) is 3.62. The monoisotopic (exact) mass is 150 g/mol. The Morgan fingerprint density at radius 3 is 2.50 bits per heavy atom. The molecule has 0 N–H and O–H groups in total.